The fraction of sp³-hybridized carbons (Fsp3) is 0.409. The molecule has 4 rings (SSSR count). The van der Waals surface area contributed by atoms with Gasteiger partial charge >= 0.3 is 0 Å². The summed E-state index contributed by atoms with van der Waals surface area (Å²) in [6, 6.07) is 12.3. The Morgan fingerprint density at radius 1 is 1.21 bits per heavy atom. The van der Waals surface area contributed by atoms with Crippen LogP contribution in [0, 0.1) is 5.92 Å². The third-order valence-corrected chi connectivity index (χ3v) is 5.37. The average molecular weight is 377 g/mol. The SMILES string of the molecule is CC(C)n1c(CN2CCC[C@H](C(=O)Nc3ccncc3)C2)nc2ccccc21. The summed E-state index contributed by atoms with van der Waals surface area (Å²) in [5, 5.41) is 3.02. The van der Waals surface area contributed by atoms with E-state index in [9.17, 15) is 4.79 Å². The number of carbonyl (C=O) groups excluding carboxylic acids is 1. The van der Waals surface area contributed by atoms with Crippen molar-refractivity contribution in [1.82, 2.24) is 19.4 Å². The third-order valence-electron chi connectivity index (χ3n) is 5.37. The predicted molar refractivity (Wildman–Crippen MR) is 111 cm³/mol. The zero-order valence-electron chi connectivity index (χ0n) is 16.5. The molecule has 2 aromatic heterocycles. The fourth-order valence-corrected chi connectivity index (χ4v) is 4.07. The molecule has 1 N–H and O–H groups in total. The van der Waals surface area contributed by atoms with E-state index in [2.05, 4.69) is 51.8 Å². The van der Waals surface area contributed by atoms with Gasteiger partial charge in [0.1, 0.15) is 5.82 Å². The van der Waals surface area contributed by atoms with Crippen LogP contribution in [0.4, 0.5) is 5.69 Å². The van der Waals surface area contributed by atoms with Gasteiger partial charge in [-0.25, -0.2) is 4.98 Å². The van der Waals surface area contributed by atoms with Gasteiger partial charge in [0.15, 0.2) is 0 Å². The molecule has 1 atom stereocenters. The number of imidazole rings is 1. The van der Waals surface area contributed by atoms with Crippen LogP contribution in [-0.2, 0) is 11.3 Å². The Morgan fingerprint density at radius 3 is 2.79 bits per heavy atom. The highest BCUT2D eigenvalue weighted by Gasteiger charge is 2.27. The molecule has 1 saturated heterocycles. The van der Waals surface area contributed by atoms with Crippen LogP contribution in [0.15, 0.2) is 48.8 Å². The number of amides is 1. The first-order chi connectivity index (χ1) is 13.6. The third kappa shape index (κ3) is 3.92. The number of nitrogens with one attached hydrogen (secondary N) is 1. The lowest BCUT2D eigenvalue weighted by Crippen LogP contribution is -2.40. The molecule has 6 nitrogen and oxygen atoms in total. The van der Waals surface area contributed by atoms with E-state index in [0.29, 0.717) is 6.04 Å². The predicted octanol–water partition coefficient (Wildman–Crippen LogP) is 3.86. The van der Waals surface area contributed by atoms with Crippen molar-refractivity contribution >= 4 is 22.6 Å². The van der Waals surface area contributed by atoms with Crippen LogP contribution in [0.25, 0.3) is 11.0 Å². The van der Waals surface area contributed by atoms with Crippen LogP contribution < -0.4 is 5.32 Å². The number of pyridine rings is 1. The first-order valence-electron chi connectivity index (χ1n) is 10.0. The number of para-hydroxylation sites is 2. The molecule has 1 fully saturated rings. The second-order valence-corrected chi connectivity index (χ2v) is 7.78. The molecule has 3 heterocycles. The summed E-state index contributed by atoms with van der Waals surface area (Å²) in [5.74, 6) is 1.17. The maximum absolute atomic E-state index is 12.7. The number of nitrogens with zero attached hydrogens (tertiary/aromatic N) is 4. The second-order valence-electron chi connectivity index (χ2n) is 7.78. The maximum atomic E-state index is 12.7. The van der Waals surface area contributed by atoms with Crippen molar-refractivity contribution < 1.29 is 4.79 Å². The van der Waals surface area contributed by atoms with Gasteiger partial charge in [0, 0.05) is 30.7 Å². The lowest BCUT2D eigenvalue weighted by atomic mass is 9.97. The van der Waals surface area contributed by atoms with Crippen molar-refractivity contribution in [2.45, 2.75) is 39.3 Å². The fourth-order valence-electron chi connectivity index (χ4n) is 4.07. The molecule has 0 unspecified atom stereocenters. The van der Waals surface area contributed by atoms with Gasteiger partial charge in [0.05, 0.1) is 23.5 Å². The van der Waals surface area contributed by atoms with E-state index in [0.717, 1.165) is 49.5 Å². The van der Waals surface area contributed by atoms with Crippen LogP contribution in [0.5, 0.6) is 0 Å². The Hall–Kier alpha value is -2.73. The molecule has 6 heteroatoms. The molecule has 0 radical (unpaired) electrons. The van der Waals surface area contributed by atoms with Crippen molar-refractivity contribution in [2.75, 3.05) is 18.4 Å². The molecule has 146 valence electrons. The molecule has 0 saturated carbocycles. The highest BCUT2D eigenvalue weighted by molar-refractivity contribution is 5.92. The molecule has 0 bridgehead atoms. The molecular weight excluding hydrogens is 350 g/mol. The standard InChI is InChI=1S/C22H27N5O/c1-16(2)27-20-8-4-3-7-19(20)25-21(27)15-26-13-5-6-17(14-26)22(28)24-18-9-11-23-12-10-18/h3-4,7-12,16-17H,5-6,13-15H2,1-2H3,(H,23,24,28)/t17-/m0/s1. The van der Waals surface area contributed by atoms with E-state index in [4.69, 9.17) is 4.98 Å². The van der Waals surface area contributed by atoms with E-state index in [1.807, 2.05) is 18.2 Å². The van der Waals surface area contributed by atoms with Crippen molar-refractivity contribution in [3.05, 3.63) is 54.6 Å². The number of hydrogen-bond acceptors (Lipinski definition) is 4. The number of carbonyl (C=O) groups is 1. The molecule has 28 heavy (non-hydrogen) atoms. The normalized spacial score (nSPS) is 17.9. The lowest BCUT2D eigenvalue weighted by Gasteiger charge is -2.32. The van der Waals surface area contributed by atoms with E-state index >= 15 is 0 Å². The molecule has 1 aliphatic heterocycles. The maximum Gasteiger partial charge on any atom is 0.228 e. The monoisotopic (exact) mass is 377 g/mol. The summed E-state index contributed by atoms with van der Waals surface area (Å²) in [4.78, 5) is 23.9. The van der Waals surface area contributed by atoms with Gasteiger partial charge in [0.25, 0.3) is 0 Å². The number of fused-ring (bicyclic) bond motifs is 1. The summed E-state index contributed by atoms with van der Waals surface area (Å²) in [7, 11) is 0. The Bertz CT molecular complexity index is 950. The van der Waals surface area contributed by atoms with Gasteiger partial charge in [0.2, 0.25) is 5.91 Å². The number of hydrogen-bond donors (Lipinski definition) is 1. The van der Waals surface area contributed by atoms with Gasteiger partial charge in [-0.05, 0) is 57.5 Å². The number of anilines is 1. The number of piperidine rings is 1. The lowest BCUT2D eigenvalue weighted by molar-refractivity contribution is -0.121. The van der Waals surface area contributed by atoms with Gasteiger partial charge in [-0.3, -0.25) is 14.7 Å². The summed E-state index contributed by atoms with van der Waals surface area (Å²) in [6.45, 7) is 6.92. The smallest absolute Gasteiger partial charge is 0.228 e. The molecule has 1 aliphatic rings. The first kappa shape index (κ1) is 18.6. The summed E-state index contributed by atoms with van der Waals surface area (Å²) < 4.78 is 2.32. The van der Waals surface area contributed by atoms with E-state index in [1.165, 1.54) is 5.52 Å². The highest BCUT2D eigenvalue weighted by Crippen LogP contribution is 2.24. The number of aromatic nitrogens is 3. The Balaban J connectivity index is 1.48. The van der Waals surface area contributed by atoms with Crippen LogP contribution in [0.1, 0.15) is 38.6 Å². The molecule has 1 aromatic carbocycles. The van der Waals surface area contributed by atoms with Crippen molar-refractivity contribution in [1.29, 1.82) is 0 Å². The number of likely N-dealkylation sites (tertiary alicyclic amines) is 1. The van der Waals surface area contributed by atoms with E-state index < -0.39 is 0 Å². The molecular formula is C22H27N5O. The van der Waals surface area contributed by atoms with E-state index in [1.54, 1.807) is 12.4 Å². The zero-order chi connectivity index (χ0) is 19.5. The van der Waals surface area contributed by atoms with Gasteiger partial charge in [-0.15, -0.1) is 0 Å². The van der Waals surface area contributed by atoms with E-state index in [-0.39, 0.29) is 11.8 Å². The molecule has 0 aliphatic carbocycles. The number of benzene rings is 1. The van der Waals surface area contributed by atoms with Crippen molar-refractivity contribution in [3.8, 4) is 0 Å². The van der Waals surface area contributed by atoms with Crippen LogP contribution in [0.2, 0.25) is 0 Å². The molecule has 0 spiro atoms. The largest absolute Gasteiger partial charge is 0.326 e. The Morgan fingerprint density at radius 2 is 2.00 bits per heavy atom. The van der Waals surface area contributed by atoms with Crippen LogP contribution >= 0.6 is 0 Å². The van der Waals surface area contributed by atoms with Crippen LogP contribution in [-0.4, -0.2) is 38.4 Å². The minimum Gasteiger partial charge on any atom is -0.326 e. The summed E-state index contributed by atoms with van der Waals surface area (Å²) in [5.41, 5.74) is 3.02. The van der Waals surface area contributed by atoms with Gasteiger partial charge in [-0.1, -0.05) is 12.1 Å². The van der Waals surface area contributed by atoms with Crippen molar-refractivity contribution in [2.24, 2.45) is 5.92 Å². The minimum atomic E-state index is -0.00112. The highest BCUT2D eigenvalue weighted by atomic mass is 16.1. The quantitative estimate of drug-likeness (QED) is 0.733. The summed E-state index contributed by atoms with van der Waals surface area (Å²) in [6.07, 6.45) is 5.34. The molecule has 3 aromatic rings. The number of rotatable bonds is 5. The average Bonchev–Trinajstić information content (AvgIpc) is 3.07. The first-order valence-corrected chi connectivity index (χ1v) is 10.0. The van der Waals surface area contributed by atoms with Crippen LogP contribution in [0.3, 0.4) is 0 Å². The molecule has 1 amide bonds. The second kappa shape index (κ2) is 8.10. The topological polar surface area (TPSA) is 63.1 Å². The van der Waals surface area contributed by atoms with Crippen molar-refractivity contribution in [3.63, 3.8) is 0 Å². The summed E-state index contributed by atoms with van der Waals surface area (Å²) >= 11 is 0. The van der Waals surface area contributed by atoms with Gasteiger partial charge in [-0.2, -0.15) is 0 Å². The minimum absolute atomic E-state index is 0.00112. The Kier molecular flexibility index (Phi) is 5.39. The zero-order valence-corrected chi connectivity index (χ0v) is 16.5. The van der Waals surface area contributed by atoms with Gasteiger partial charge < -0.3 is 9.88 Å². The Labute approximate surface area is 165 Å².